The van der Waals surface area contributed by atoms with Crippen LogP contribution in [-0.2, 0) is 27.1 Å². The Morgan fingerprint density at radius 1 is 1.11 bits per heavy atom. The molecule has 3 atom stereocenters. The predicted molar refractivity (Wildman–Crippen MR) is 157 cm³/mol. The van der Waals surface area contributed by atoms with Crippen LogP contribution in [0.5, 0.6) is 5.75 Å². The van der Waals surface area contributed by atoms with Crippen molar-refractivity contribution in [2.24, 2.45) is 0 Å². The number of thiol groups is 1. The molecule has 0 unspecified atom stereocenters. The fourth-order valence-corrected chi connectivity index (χ4v) is 6.41. The third kappa shape index (κ3) is 5.41. The maximum absolute atomic E-state index is 13.7. The maximum atomic E-state index is 13.7. The van der Waals surface area contributed by atoms with E-state index in [-0.39, 0.29) is 37.0 Å². The summed E-state index contributed by atoms with van der Waals surface area (Å²) in [6.45, 7) is 0.967. The number of carbonyl (C=O) groups excluding carboxylic acids is 3. The SMILES string of the molecule is N#Cc1ncc(N2C(=O)[C@]3(CCC3=O)N(c3ccc(O[C@@H]4CCN(C(=O)OCc5ccccc5)C4)cc3)[C@H]2S)cc1C(F)(F)F. The smallest absolute Gasteiger partial charge is 0.419 e. The molecule has 1 aromatic heterocycles. The van der Waals surface area contributed by atoms with E-state index in [1.54, 1.807) is 29.2 Å². The molecule has 232 valence electrons. The summed E-state index contributed by atoms with van der Waals surface area (Å²) in [7, 11) is 0. The molecular weight excluding hydrogens is 611 g/mol. The Balaban J connectivity index is 1.16. The fourth-order valence-electron chi connectivity index (χ4n) is 5.84. The van der Waals surface area contributed by atoms with E-state index in [4.69, 9.17) is 14.7 Å². The number of aromatic nitrogens is 1. The quantitative estimate of drug-likeness (QED) is 0.299. The second kappa shape index (κ2) is 11.6. The van der Waals surface area contributed by atoms with E-state index >= 15 is 0 Å². The third-order valence-corrected chi connectivity index (χ3v) is 8.67. The van der Waals surface area contributed by atoms with Gasteiger partial charge >= 0.3 is 12.3 Å². The van der Waals surface area contributed by atoms with Gasteiger partial charge in [0.25, 0.3) is 5.91 Å². The number of pyridine rings is 1. The second-order valence-electron chi connectivity index (χ2n) is 10.9. The Morgan fingerprint density at radius 2 is 1.84 bits per heavy atom. The number of nitriles is 1. The minimum atomic E-state index is -4.89. The molecule has 3 aliphatic rings. The fraction of sp³-hybridized carbons (Fsp3) is 0.323. The lowest BCUT2D eigenvalue weighted by Gasteiger charge is -2.42. The molecule has 1 saturated carbocycles. The number of likely N-dealkylation sites (tertiary alicyclic amines) is 1. The van der Waals surface area contributed by atoms with Crippen LogP contribution in [0.4, 0.5) is 29.3 Å². The van der Waals surface area contributed by atoms with E-state index in [0.717, 1.165) is 16.7 Å². The van der Waals surface area contributed by atoms with E-state index in [9.17, 15) is 27.6 Å². The molecular formula is C31H26F3N5O5S. The lowest BCUT2D eigenvalue weighted by molar-refractivity contribution is -0.140. The number of hydrogen-bond acceptors (Lipinski definition) is 9. The third-order valence-electron chi connectivity index (χ3n) is 8.21. The van der Waals surface area contributed by atoms with Crippen molar-refractivity contribution < 1.29 is 37.0 Å². The van der Waals surface area contributed by atoms with Gasteiger partial charge in [-0.15, -0.1) is 12.6 Å². The van der Waals surface area contributed by atoms with Gasteiger partial charge in [-0.3, -0.25) is 14.5 Å². The van der Waals surface area contributed by atoms with Gasteiger partial charge < -0.3 is 19.3 Å². The molecule has 2 aromatic carbocycles. The number of halogens is 3. The molecule has 1 aliphatic carbocycles. The van der Waals surface area contributed by atoms with E-state index in [1.807, 2.05) is 30.3 Å². The first-order valence-electron chi connectivity index (χ1n) is 14.1. The summed E-state index contributed by atoms with van der Waals surface area (Å²) >= 11 is 4.58. The summed E-state index contributed by atoms with van der Waals surface area (Å²) in [5, 5.41) is 9.11. The van der Waals surface area contributed by atoms with Crippen LogP contribution in [0, 0.1) is 11.3 Å². The van der Waals surface area contributed by atoms with Gasteiger partial charge in [-0.1, -0.05) is 30.3 Å². The van der Waals surface area contributed by atoms with Crippen LogP contribution in [0.15, 0.2) is 66.9 Å². The number of benzene rings is 2. The number of ether oxygens (including phenoxy) is 2. The Labute approximate surface area is 261 Å². The molecule has 6 rings (SSSR count). The molecule has 0 N–H and O–H groups in total. The molecule has 2 aliphatic heterocycles. The predicted octanol–water partition coefficient (Wildman–Crippen LogP) is 4.93. The number of amides is 2. The highest BCUT2D eigenvalue weighted by molar-refractivity contribution is 7.81. The molecule has 14 heteroatoms. The summed E-state index contributed by atoms with van der Waals surface area (Å²) in [6.07, 6.45) is -3.73. The average Bonchev–Trinajstić information content (AvgIpc) is 3.60. The second-order valence-corrected chi connectivity index (χ2v) is 11.3. The number of rotatable bonds is 6. The van der Waals surface area contributed by atoms with Crippen molar-refractivity contribution in [3.8, 4) is 11.8 Å². The number of ketones is 1. The Kier molecular flexibility index (Phi) is 7.82. The van der Waals surface area contributed by atoms with Crippen molar-refractivity contribution in [1.82, 2.24) is 9.88 Å². The zero-order chi connectivity index (χ0) is 31.9. The van der Waals surface area contributed by atoms with Crippen LogP contribution < -0.4 is 14.5 Å². The molecule has 3 heterocycles. The highest BCUT2D eigenvalue weighted by atomic mass is 32.1. The number of hydrogen-bond donors (Lipinski definition) is 1. The van der Waals surface area contributed by atoms with Gasteiger partial charge in [0.05, 0.1) is 24.0 Å². The van der Waals surface area contributed by atoms with Gasteiger partial charge in [-0.2, -0.15) is 18.4 Å². The number of carbonyl (C=O) groups is 3. The maximum Gasteiger partial charge on any atom is 0.419 e. The van der Waals surface area contributed by atoms with Gasteiger partial charge in [0.15, 0.2) is 22.5 Å². The molecule has 1 spiro atoms. The summed E-state index contributed by atoms with van der Waals surface area (Å²) in [4.78, 5) is 46.9. The number of anilines is 2. The Morgan fingerprint density at radius 3 is 2.47 bits per heavy atom. The molecule has 2 saturated heterocycles. The Hall–Kier alpha value is -4.77. The van der Waals surface area contributed by atoms with E-state index in [0.29, 0.717) is 37.0 Å². The van der Waals surface area contributed by atoms with Crippen LogP contribution in [0.3, 0.4) is 0 Å². The topological polar surface area (TPSA) is 116 Å². The zero-order valence-corrected chi connectivity index (χ0v) is 24.5. The Bertz CT molecular complexity index is 1680. The average molecular weight is 638 g/mol. The van der Waals surface area contributed by atoms with E-state index < -0.39 is 40.5 Å². The lowest BCUT2D eigenvalue weighted by atomic mass is 9.73. The highest BCUT2D eigenvalue weighted by Crippen LogP contribution is 2.49. The van der Waals surface area contributed by atoms with Crippen LogP contribution in [0.1, 0.15) is 36.1 Å². The highest BCUT2D eigenvalue weighted by Gasteiger charge is 2.66. The molecule has 2 amide bonds. The van der Waals surface area contributed by atoms with Crippen LogP contribution in [0.25, 0.3) is 0 Å². The van der Waals surface area contributed by atoms with Crippen LogP contribution >= 0.6 is 12.6 Å². The summed E-state index contributed by atoms with van der Waals surface area (Å²) < 4.78 is 52.5. The van der Waals surface area contributed by atoms with Gasteiger partial charge in [0.2, 0.25) is 0 Å². The number of alkyl halides is 3. The number of Topliss-reactive ketones (excluding diaryl/α,β-unsaturated/α-hetero) is 1. The molecule has 3 fully saturated rings. The first kappa shape index (κ1) is 30.3. The van der Waals surface area contributed by atoms with Crippen molar-refractivity contribution in [3.63, 3.8) is 0 Å². The zero-order valence-electron chi connectivity index (χ0n) is 23.6. The van der Waals surface area contributed by atoms with Crippen molar-refractivity contribution in [3.05, 3.63) is 83.7 Å². The van der Waals surface area contributed by atoms with Gasteiger partial charge in [-0.05, 0) is 42.3 Å². The van der Waals surface area contributed by atoms with Gasteiger partial charge in [-0.25, -0.2) is 9.78 Å². The van der Waals surface area contributed by atoms with E-state index in [1.165, 1.54) is 11.0 Å². The van der Waals surface area contributed by atoms with Gasteiger partial charge in [0.1, 0.15) is 24.5 Å². The summed E-state index contributed by atoms with van der Waals surface area (Å²) in [5.41, 5.74) is -3.82. The first-order valence-corrected chi connectivity index (χ1v) is 14.6. The van der Waals surface area contributed by atoms with Gasteiger partial charge in [0, 0.05) is 25.1 Å². The molecule has 0 radical (unpaired) electrons. The van der Waals surface area contributed by atoms with Crippen LogP contribution in [-0.4, -0.2) is 57.9 Å². The minimum absolute atomic E-state index is 0.128. The molecule has 45 heavy (non-hydrogen) atoms. The molecule has 0 bridgehead atoms. The monoisotopic (exact) mass is 637 g/mol. The van der Waals surface area contributed by atoms with Crippen molar-refractivity contribution in [2.75, 3.05) is 22.9 Å². The van der Waals surface area contributed by atoms with Crippen molar-refractivity contribution in [2.45, 2.75) is 49.2 Å². The van der Waals surface area contributed by atoms with Crippen molar-refractivity contribution >= 4 is 41.8 Å². The molecule has 10 nitrogen and oxygen atoms in total. The first-order chi connectivity index (χ1) is 21.5. The largest absolute Gasteiger partial charge is 0.489 e. The van der Waals surface area contributed by atoms with Crippen LogP contribution in [0.2, 0.25) is 0 Å². The number of nitrogens with zero attached hydrogens (tertiary/aromatic N) is 5. The van der Waals surface area contributed by atoms with E-state index in [2.05, 4.69) is 17.6 Å². The molecule has 3 aromatic rings. The standard InChI is InChI=1S/C31H26F3N5O5S/c32-31(33,34)24-14-21(16-36-25(24)15-35)38-27(41)30(12-10-26(30)40)39(28(38)45)20-6-8-22(9-7-20)44-23-11-13-37(17-23)29(42)43-18-19-4-2-1-3-5-19/h1-9,14,16,23,28,45H,10-13,17-18H2/t23-,28+,30-/m1/s1. The van der Waals surface area contributed by atoms with Crippen molar-refractivity contribution in [1.29, 1.82) is 5.26 Å². The lowest BCUT2D eigenvalue weighted by Crippen LogP contribution is -2.62. The normalized spacial score (nSPS) is 22.9. The summed E-state index contributed by atoms with van der Waals surface area (Å²) in [5.74, 6) is -0.609. The summed E-state index contributed by atoms with van der Waals surface area (Å²) in [6, 6.07) is 18.0. The minimum Gasteiger partial charge on any atom is -0.489 e.